The van der Waals surface area contributed by atoms with Gasteiger partial charge in [0.1, 0.15) is 0 Å². The molecule has 16 heavy (non-hydrogen) atoms. The van der Waals surface area contributed by atoms with Crippen LogP contribution in [-0.4, -0.2) is 4.98 Å². The lowest BCUT2D eigenvalue weighted by Crippen LogP contribution is -1.88. The molecule has 0 amide bonds. The van der Waals surface area contributed by atoms with Gasteiger partial charge in [-0.15, -0.1) is 0 Å². The van der Waals surface area contributed by atoms with E-state index in [9.17, 15) is 0 Å². The number of nitrogens with two attached hydrogens (primary N) is 1. The molecule has 0 aliphatic rings. The van der Waals surface area contributed by atoms with E-state index in [1.54, 1.807) is 0 Å². The van der Waals surface area contributed by atoms with Gasteiger partial charge in [-0.25, -0.2) is 4.98 Å². The second kappa shape index (κ2) is 2.98. The quantitative estimate of drug-likeness (QED) is 0.582. The van der Waals surface area contributed by atoms with E-state index in [0.717, 1.165) is 27.6 Å². The first kappa shape index (κ1) is 9.21. The zero-order valence-corrected chi connectivity index (χ0v) is 9.24. The second-order valence-corrected chi connectivity index (χ2v) is 4.08. The van der Waals surface area contributed by atoms with E-state index in [1.165, 1.54) is 0 Å². The average Bonchev–Trinajstić information content (AvgIpc) is 2.62. The number of hydrogen-bond donors (Lipinski definition) is 1. The van der Waals surface area contributed by atoms with E-state index in [2.05, 4.69) is 4.98 Å². The molecule has 0 saturated carbocycles. The first-order valence-corrected chi connectivity index (χ1v) is 5.22. The van der Waals surface area contributed by atoms with Gasteiger partial charge < -0.3 is 10.2 Å². The summed E-state index contributed by atoms with van der Waals surface area (Å²) in [6.45, 7) is 3.92. The highest BCUT2D eigenvalue weighted by atomic mass is 16.3. The van der Waals surface area contributed by atoms with Gasteiger partial charge in [0, 0.05) is 16.5 Å². The van der Waals surface area contributed by atoms with Crippen LogP contribution in [0.4, 0.5) is 5.69 Å². The minimum absolute atomic E-state index is 0.660. The minimum Gasteiger partial charge on any atom is -0.436 e. The van der Waals surface area contributed by atoms with Gasteiger partial charge in [0.15, 0.2) is 5.58 Å². The fraction of sp³-hybridized carbons (Fsp3) is 0.154. The summed E-state index contributed by atoms with van der Waals surface area (Å²) in [6, 6.07) is 8.04. The zero-order valence-electron chi connectivity index (χ0n) is 9.24. The van der Waals surface area contributed by atoms with Crippen molar-refractivity contribution in [1.82, 2.24) is 4.98 Å². The Balaban J connectivity index is 2.55. The van der Waals surface area contributed by atoms with Crippen LogP contribution in [0.2, 0.25) is 0 Å². The molecule has 0 aliphatic heterocycles. The van der Waals surface area contributed by atoms with Crippen LogP contribution in [-0.2, 0) is 0 Å². The molecule has 0 atom stereocenters. The molecule has 0 saturated heterocycles. The molecule has 2 aromatic heterocycles. The van der Waals surface area contributed by atoms with Gasteiger partial charge in [0.05, 0.1) is 5.69 Å². The Kier molecular flexibility index (Phi) is 1.72. The first-order valence-electron chi connectivity index (χ1n) is 5.22. The second-order valence-electron chi connectivity index (χ2n) is 4.08. The number of pyridine rings is 1. The molecule has 3 rings (SSSR count). The molecule has 2 heterocycles. The maximum atomic E-state index is 6.00. The monoisotopic (exact) mass is 212 g/mol. The summed E-state index contributed by atoms with van der Waals surface area (Å²) >= 11 is 0. The highest BCUT2D eigenvalue weighted by Crippen LogP contribution is 2.32. The molecule has 0 radical (unpaired) electrons. The topological polar surface area (TPSA) is 52.0 Å². The molecule has 1 aromatic carbocycles. The fourth-order valence-corrected chi connectivity index (χ4v) is 1.93. The van der Waals surface area contributed by atoms with Gasteiger partial charge in [0.2, 0.25) is 5.71 Å². The van der Waals surface area contributed by atoms with Crippen molar-refractivity contribution in [1.29, 1.82) is 0 Å². The molecule has 0 spiro atoms. The maximum Gasteiger partial charge on any atom is 0.227 e. The Labute approximate surface area is 92.9 Å². The number of nitrogen functional groups attached to an aromatic ring is 1. The first-order chi connectivity index (χ1) is 7.66. The summed E-state index contributed by atoms with van der Waals surface area (Å²) in [6.07, 6.45) is 0. The largest absolute Gasteiger partial charge is 0.436 e. The summed E-state index contributed by atoms with van der Waals surface area (Å²) in [4.78, 5) is 4.36. The summed E-state index contributed by atoms with van der Waals surface area (Å²) in [5.41, 5.74) is 10.1. The highest BCUT2D eigenvalue weighted by Gasteiger charge is 2.11. The van der Waals surface area contributed by atoms with E-state index >= 15 is 0 Å². The smallest absolute Gasteiger partial charge is 0.227 e. The number of aryl methyl sites for hydroxylation is 2. The Hall–Kier alpha value is -2.03. The van der Waals surface area contributed by atoms with Gasteiger partial charge in [-0.3, -0.25) is 0 Å². The third-order valence-corrected chi connectivity index (χ3v) is 2.90. The Morgan fingerprint density at radius 2 is 1.81 bits per heavy atom. The predicted molar refractivity (Wildman–Crippen MR) is 65.4 cm³/mol. The average molecular weight is 212 g/mol. The number of hydrogen-bond acceptors (Lipinski definition) is 3. The lowest BCUT2D eigenvalue weighted by molar-refractivity contribution is 0.653. The lowest BCUT2D eigenvalue weighted by Gasteiger charge is -1.98. The highest BCUT2D eigenvalue weighted by molar-refractivity contribution is 6.07. The number of rotatable bonds is 0. The molecule has 80 valence electrons. The Bertz CT molecular complexity index is 698. The van der Waals surface area contributed by atoms with E-state index in [0.29, 0.717) is 11.4 Å². The van der Waals surface area contributed by atoms with Gasteiger partial charge in [0.25, 0.3) is 0 Å². The summed E-state index contributed by atoms with van der Waals surface area (Å²) < 4.78 is 5.71. The van der Waals surface area contributed by atoms with Crippen LogP contribution in [0.25, 0.3) is 22.1 Å². The third-order valence-electron chi connectivity index (χ3n) is 2.90. The molecule has 0 bridgehead atoms. The van der Waals surface area contributed by atoms with Crippen molar-refractivity contribution in [3.05, 3.63) is 35.5 Å². The van der Waals surface area contributed by atoms with E-state index < -0.39 is 0 Å². The van der Waals surface area contributed by atoms with Crippen LogP contribution >= 0.6 is 0 Å². The third kappa shape index (κ3) is 1.11. The van der Waals surface area contributed by atoms with Crippen LogP contribution in [0.15, 0.2) is 28.7 Å². The van der Waals surface area contributed by atoms with Crippen molar-refractivity contribution in [2.24, 2.45) is 0 Å². The van der Waals surface area contributed by atoms with Crippen LogP contribution in [0, 0.1) is 13.8 Å². The van der Waals surface area contributed by atoms with E-state index in [-0.39, 0.29) is 0 Å². The number of furan rings is 1. The van der Waals surface area contributed by atoms with Crippen molar-refractivity contribution >= 4 is 27.8 Å². The molecular weight excluding hydrogens is 200 g/mol. The van der Waals surface area contributed by atoms with Crippen molar-refractivity contribution < 1.29 is 4.42 Å². The summed E-state index contributed by atoms with van der Waals surface area (Å²) in [5.74, 6) is 0. The number of anilines is 1. The molecular formula is C13H12N2O. The van der Waals surface area contributed by atoms with E-state index in [1.807, 2.05) is 38.1 Å². The van der Waals surface area contributed by atoms with E-state index in [4.69, 9.17) is 10.2 Å². The number of benzene rings is 1. The van der Waals surface area contributed by atoms with Crippen LogP contribution < -0.4 is 5.73 Å². The molecule has 2 N–H and O–H groups in total. The van der Waals surface area contributed by atoms with Gasteiger partial charge >= 0.3 is 0 Å². The molecule has 0 unspecified atom stereocenters. The van der Waals surface area contributed by atoms with Gasteiger partial charge in [-0.2, -0.15) is 0 Å². The maximum absolute atomic E-state index is 6.00. The molecule has 3 heteroatoms. The van der Waals surface area contributed by atoms with Crippen molar-refractivity contribution in [2.45, 2.75) is 13.8 Å². The number of fused-ring (bicyclic) bond motifs is 3. The molecule has 3 aromatic rings. The fourth-order valence-electron chi connectivity index (χ4n) is 1.93. The van der Waals surface area contributed by atoms with Crippen molar-refractivity contribution in [3.8, 4) is 0 Å². The summed E-state index contributed by atoms with van der Waals surface area (Å²) in [5, 5.41) is 2.05. The molecule has 3 nitrogen and oxygen atoms in total. The van der Waals surface area contributed by atoms with Gasteiger partial charge in [-0.1, -0.05) is 12.1 Å². The minimum atomic E-state index is 0.660. The predicted octanol–water partition coefficient (Wildman–Crippen LogP) is 3.18. The van der Waals surface area contributed by atoms with Crippen molar-refractivity contribution in [2.75, 3.05) is 5.73 Å². The zero-order chi connectivity index (χ0) is 11.3. The number of nitrogens with zero attached hydrogens (tertiary/aromatic N) is 1. The summed E-state index contributed by atoms with van der Waals surface area (Å²) in [7, 11) is 0. The Morgan fingerprint density at radius 3 is 2.62 bits per heavy atom. The molecule has 0 fully saturated rings. The van der Waals surface area contributed by atoms with Crippen molar-refractivity contribution in [3.63, 3.8) is 0 Å². The lowest BCUT2D eigenvalue weighted by atomic mass is 10.1. The Morgan fingerprint density at radius 1 is 1.06 bits per heavy atom. The van der Waals surface area contributed by atoms with Crippen LogP contribution in [0.3, 0.4) is 0 Å². The van der Waals surface area contributed by atoms with Crippen LogP contribution in [0.5, 0.6) is 0 Å². The van der Waals surface area contributed by atoms with Gasteiger partial charge in [-0.05, 0) is 31.5 Å². The standard InChI is InChI=1S/C13H12N2O/c1-7-3-5-9-10-6-4-8(2)15-13(10)16-12(9)11(7)14/h3-6H,14H2,1-2H3. The van der Waals surface area contributed by atoms with Crippen LogP contribution in [0.1, 0.15) is 11.3 Å². The number of aromatic nitrogens is 1. The normalized spacial score (nSPS) is 11.4. The SMILES string of the molecule is Cc1ccc2c(n1)oc1c(N)c(C)ccc12. The molecule has 0 aliphatic carbocycles.